The second-order valence-electron chi connectivity index (χ2n) is 15.5. The van der Waals surface area contributed by atoms with Crippen LogP contribution in [0.1, 0.15) is 108 Å². The molecule has 1 N–H and O–H groups in total. The van der Waals surface area contributed by atoms with E-state index in [1.54, 1.807) is 24.3 Å². The van der Waals surface area contributed by atoms with E-state index >= 15 is 0 Å². The molecule has 2 aliphatic carbocycles. The van der Waals surface area contributed by atoms with E-state index in [4.69, 9.17) is 0 Å². The lowest BCUT2D eigenvalue weighted by atomic mass is 9.67. The molecule has 1 unspecified atom stereocenters. The normalized spacial score (nSPS) is 19.5. The van der Waals surface area contributed by atoms with E-state index in [9.17, 15) is 28.8 Å². The fraction of sp³-hybridized carbons (Fsp3) is 0.561. The number of rotatable bonds is 17. The molecule has 0 aromatic heterocycles. The molecule has 4 rings (SSSR count). The molecule has 1 fully saturated rings. The van der Waals surface area contributed by atoms with Gasteiger partial charge in [0.15, 0.2) is 17.3 Å². The Balaban J connectivity index is 1.59. The van der Waals surface area contributed by atoms with Gasteiger partial charge in [0.25, 0.3) is 0 Å². The van der Waals surface area contributed by atoms with E-state index in [0.717, 1.165) is 24.0 Å². The summed E-state index contributed by atoms with van der Waals surface area (Å²) in [7, 11) is 0. The first-order valence-corrected chi connectivity index (χ1v) is 17.8. The van der Waals surface area contributed by atoms with Crippen LogP contribution >= 0.6 is 0 Å². The molecule has 0 aliphatic heterocycles. The fourth-order valence-electron chi connectivity index (χ4n) is 7.08. The number of hydrogen-bond donors (Lipinski definition) is 1. The molecule has 2 aliphatic rings. The molecule has 7 heteroatoms. The molecule has 0 radical (unpaired) electrons. The monoisotopic (exact) mass is 655 g/mol. The Kier molecular flexibility index (Phi) is 12.4. The van der Waals surface area contributed by atoms with Crippen molar-refractivity contribution in [1.82, 2.24) is 5.32 Å². The predicted octanol–water partition coefficient (Wildman–Crippen LogP) is 6.98. The van der Waals surface area contributed by atoms with E-state index in [2.05, 4.69) is 5.32 Å². The third-order valence-corrected chi connectivity index (χ3v) is 10.2. The minimum Gasteiger partial charge on any atom is -0.345 e. The Bertz CT molecular complexity index is 1500. The number of carbonyl (C=O) groups is 6. The maximum atomic E-state index is 14.7. The first-order valence-electron chi connectivity index (χ1n) is 17.8. The third-order valence-electron chi connectivity index (χ3n) is 10.2. The van der Waals surface area contributed by atoms with Crippen molar-refractivity contribution >= 4 is 34.8 Å². The van der Waals surface area contributed by atoms with Crippen molar-refractivity contribution in [3.05, 3.63) is 71.3 Å². The Morgan fingerprint density at radius 3 is 1.94 bits per heavy atom. The number of Topliss-reactive ketones (excluding diaryl/α,β-unsaturated/α-hetero) is 5. The third kappa shape index (κ3) is 9.45. The largest absolute Gasteiger partial charge is 0.345 e. The van der Waals surface area contributed by atoms with Crippen LogP contribution in [0, 0.1) is 40.9 Å². The SMILES string of the molecule is CCC[C@H](CC(=O)[C@@H]1Cc2ccccc2CC1C(=O)[C@@H](NC(=O)[C@@H](CC(=O)c1ccccc1)C(C)C)C(C)(C)C)C(=O)C(=O)CC1CC1. The van der Waals surface area contributed by atoms with Crippen LogP contribution in [0.2, 0.25) is 0 Å². The van der Waals surface area contributed by atoms with Crippen LogP contribution in [0.15, 0.2) is 54.6 Å². The summed E-state index contributed by atoms with van der Waals surface area (Å²) in [6.07, 6.45) is 3.96. The Labute approximate surface area is 286 Å². The maximum absolute atomic E-state index is 14.7. The van der Waals surface area contributed by atoms with Crippen molar-refractivity contribution in [2.24, 2.45) is 40.9 Å². The highest BCUT2D eigenvalue weighted by Crippen LogP contribution is 2.37. The van der Waals surface area contributed by atoms with Gasteiger partial charge in [-0.3, -0.25) is 28.8 Å². The minimum absolute atomic E-state index is 0.0167. The van der Waals surface area contributed by atoms with Crippen LogP contribution in [0.3, 0.4) is 0 Å². The molecule has 2 aromatic rings. The standard InChI is InChI=1S/C41H53NO6/c1-7-13-30(37(46)36(45)20-26-18-19-26)23-35(44)32-21-28-16-11-12-17-29(28)22-33(32)38(47)39(41(4,5)6)42-40(48)31(25(2)3)24-34(43)27-14-9-8-10-15-27/h8-12,14-17,25-26,30-33,39H,7,13,18-24H2,1-6H3,(H,42,48)/t30-,31+,32-,33?,39-/m1/s1. The minimum atomic E-state index is -0.906. The van der Waals surface area contributed by atoms with E-state index in [1.807, 2.05) is 71.9 Å². The molecule has 0 bridgehead atoms. The summed E-state index contributed by atoms with van der Waals surface area (Å²) in [4.78, 5) is 81.9. The summed E-state index contributed by atoms with van der Waals surface area (Å²) in [6, 6.07) is 15.8. The molecule has 1 saturated carbocycles. The molecular weight excluding hydrogens is 602 g/mol. The van der Waals surface area contributed by atoms with Crippen molar-refractivity contribution in [1.29, 1.82) is 0 Å². The molecule has 7 nitrogen and oxygen atoms in total. The van der Waals surface area contributed by atoms with Gasteiger partial charge >= 0.3 is 0 Å². The lowest BCUT2D eigenvalue weighted by Gasteiger charge is -2.38. The highest BCUT2D eigenvalue weighted by atomic mass is 16.2. The molecule has 5 atom stereocenters. The lowest BCUT2D eigenvalue weighted by molar-refractivity contribution is -0.142. The van der Waals surface area contributed by atoms with E-state index < -0.39 is 40.9 Å². The first kappa shape index (κ1) is 37.1. The Morgan fingerprint density at radius 1 is 0.812 bits per heavy atom. The summed E-state index contributed by atoms with van der Waals surface area (Å²) >= 11 is 0. The summed E-state index contributed by atoms with van der Waals surface area (Å²) < 4.78 is 0. The number of fused-ring (bicyclic) bond motifs is 1. The highest BCUT2D eigenvalue weighted by molar-refractivity contribution is 6.38. The number of amides is 1. The van der Waals surface area contributed by atoms with E-state index in [1.165, 1.54) is 0 Å². The summed E-state index contributed by atoms with van der Waals surface area (Å²) in [5.74, 6) is -4.32. The maximum Gasteiger partial charge on any atom is 0.224 e. The lowest BCUT2D eigenvalue weighted by Crippen LogP contribution is -2.55. The highest BCUT2D eigenvalue weighted by Gasteiger charge is 2.45. The van der Waals surface area contributed by atoms with Crippen LogP contribution < -0.4 is 5.32 Å². The average Bonchev–Trinajstić information content (AvgIpc) is 3.88. The van der Waals surface area contributed by atoms with Gasteiger partial charge in [0, 0.05) is 48.5 Å². The van der Waals surface area contributed by atoms with Crippen LogP contribution in [-0.2, 0) is 36.8 Å². The molecule has 0 saturated heterocycles. The smallest absolute Gasteiger partial charge is 0.224 e. The van der Waals surface area contributed by atoms with E-state index in [0.29, 0.717) is 31.2 Å². The van der Waals surface area contributed by atoms with Gasteiger partial charge in [-0.15, -0.1) is 0 Å². The summed E-state index contributed by atoms with van der Waals surface area (Å²) in [5.41, 5.74) is 1.85. The zero-order valence-electron chi connectivity index (χ0n) is 29.6. The first-order chi connectivity index (χ1) is 22.7. The van der Waals surface area contributed by atoms with Crippen LogP contribution in [0.4, 0.5) is 0 Å². The molecular formula is C41H53NO6. The number of carbonyl (C=O) groups excluding carboxylic acids is 6. The molecule has 1 amide bonds. The zero-order chi connectivity index (χ0) is 35.2. The van der Waals surface area contributed by atoms with Gasteiger partial charge in [0.05, 0.1) is 6.04 Å². The van der Waals surface area contributed by atoms with Gasteiger partial charge < -0.3 is 5.32 Å². The van der Waals surface area contributed by atoms with Crippen molar-refractivity contribution in [2.75, 3.05) is 0 Å². The van der Waals surface area contributed by atoms with Crippen molar-refractivity contribution in [3.8, 4) is 0 Å². The molecule has 2 aromatic carbocycles. The summed E-state index contributed by atoms with van der Waals surface area (Å²) in [6.45, 7) is 11.4. The quantitative estimate of drug-likeness (QED) is 0.145. The Morgan fingerprint density at radius 2 is 1.40 bits per heavy atom. The number of hydrogen-bond acceptors (Lipinski definition) is 6. The van der Waals surface area contributed by atoms with Gasteiger partial charge in [0.2, 0.25) is 11.7 Å². The number of ketones is 5. The average molecular weight is 656 g/mol. The van der Waals surface area contributed by atoms with Crippen molar-refractivity contribution in [2.45, 2.75) is 105 Å². The van der Waals surface area contributed by atoms with Gasteiger partial charge in [0.1, 0.15) is 5.78 Å². The van der Waals surface area contributed by atoms with E-state index in [-0.39, 0.29) is 60.1 Å². The predicted molar refractivity (Wildman–Crippen MR) is 186 cm³/mol. The van der Waals surface area contributed by atoms with Crippen LogP contribution in [0.25, 0.3) is 0 Å². The Hall–Kier alpha value is -3.74. The summed E-state index contributed by atoms with van der Waals surface area (Å²) in [5, 5.41) is 3.04. The van der Waals surface area contributed by atoms with Crippen molar-refractivity contribution in [3.63, 3.8) is 0 Å². The molecule has 0 heterocycles. The second kappa shape index (κ2) is 16.1. The zero-order valence-corrected chi connectivity index (χ0v) is 29.6. The molecule has 48 heavy (non-hydrogen) atoms. The molecule has 0 spiro atoms. The number of nitrogens with one attached hydrogen (secondary N) is 1. The van der Waals surface area contributed by atoms with Gasteiger partial charge in [-0.2, -0.15) is 0 Å². The van der Waals surface area contributed by atoms with Gasteiger partial charge in [-0.05, 0) is 60.5 Å². The van der Waals surface area contributed by atoms with Gasteiger partial charge in [-0.1, -0.05) is 103 Å². The van der Waals surface area contributed by atoms with Crippen LogP contribution in [-0.4, -0.2) is 40.9 Å². The number of benzene rings is 2. The van der Waals surface area contributed by atoms with Crippen molar-refractivity contribution < 1.29 is 28.8 Å². The second-order valence-corrected chi connectivity index (χ2v) is 15.5. The molecule has 258 valence electrons. The topological polar surface area (TPSA) is 114 Å². The fourth-order valence-corrected chi connectivity index (χ4v) is 7.08. The van der Waals surface area contributed by atoms with Crippen LogP contribution in [0.5, 0.6) is 0 Å². The van der Waals surface area contributed by atoms with Gasteiger partial charge in [-0.25, -0.2) is 0 Å².